The van der Waals surface area contributed by atoms with Crippen LogP contribution < -0.4 is 5.32 Å². The number of hydroxylamine groups is 2. The highest BCUT2D eigenvalue weighted by Gasteiger charge is 2.75. The number of aromatic hydroxyl groups is 1. The first kappa shape index (κ1) is 21.5. The van der Waals surface area contributed by atoms with E-state index in [-0.39, 0.29) is 30.1 Å². The molecule has 1 aromatic carbocycles. The molecule has 4 atom stereocenters. The van der Waals surface area contributed by atoms with Crippen LogP contribution in [0.15, 0.2) is 24.3 Å². The van der Waals surface area contributed by atoms with Gasteiger partial charge < -0.3 is 20.4 Å². The van der Waals surface area contributed by atoms with Gasteiger partial charge in [-0.3, -0.25) is 14.4 Å². The predicted octanol–water partition coefficient (Wildman–Crippen LogP) is 1.88. The second kappa shape index (κ2) is 6.97. The van der Waals surface area contributed by atoms with Gasteiger partial charge in [0.1, 0.15) is 18.1 Å². The number of rotatable bonds is 3. The molecule has 3 aliphatic heterocycles. The minimum atomic E-state index is -1.23. The molecule has 1 aromatic heterocycles. The lowest BCUT2D eigenvalue weighted by Crippen LogP contribution is -2.57. The summed E-state index contributed by atoms with van der Waals surface area (Å²) in [5.74, 6) is -1.46. The molecule has 0 saturated carbocycles. The quantitative estimate of drug-likeness (QED) is 0.589. The van der Waals surface area contributed by atoms with Gasteiger partial charge in [-0.25, -0.2) is 9.37 Å². The summed E-state index contributed by atoms with van der Waals surface area (Å²) in [7, 11) is 0. The number of carbonyl (C=O) groups is 2. The van der Waals surface area contributed by atoms with Crippen molar-refractivity contribution >= 4 is 17.5 Å². The molecule has 0 bridgehead atoms. The molecule has 0 spiro atoms. The molecule has 4 aliphatic rings. The number of halogens is 1. The van der Waals surface area contributed by atoms with Gasteiger partial charge in [-0.2, -0.15) is 0 Å². The number of nitrogens with zero attached hydrogens (tertiary/aromatic N) is 3. The number of aromatic nitrogens is 1. The van der Waals surface area contributed by atoms with E-state index in [1.807, 2.05) is 13.8 Å². The Balaban J connectivity index is 1.33. The molecule has 34 heavy (non-hydrogen) atoms. The van der Waals surface area contributed by atoms with E-state index in [2.05, 4.69) is 10.3 Å². The molecule has 0 radical (unpaired) electrons. The van der Waals surface area contributed by atoms with Crippen LogP contribution in [0.2, 0.25) is 0 Å². The zero-order valence-corrected chi connectivity index (χ0v) is 18.8. The van der Waals surface area contributed by atoms with Crippen LogP contribution in [0.4, 0.5) is 10.1 Å². The van der Waals surface area contributed by atoms with Crippen molar-refractivity contribution in [1.82, 2.24) is 14.9 Å². The smallest absolute Gasteiger partial charge is 0.275 e. The number of aliphatic hydroxyl groups is 1. The number of anilines is 1. The SMILES string of the molecule is CC1(C)CCc2cc(NC(=O)C3c4ccc(O)nc4CCN3C(=O)C34CC(O)[N@@]3O4)cc(F)c21. The molecule has 10 heteroatoms. The van der Waals surface area contributed by atoms with Gasteiger partial charge in [-0.1, -0.05) is 13.8 Å². The molecule has 3 N–H and O–H groups in total. The number of hydrogen-bond acceptors (Lipinski definition) is 7. The number of fused-ring (bicyclic) bond motifs is 3. The van der Waals surface area contributed by atoms with E-state index in [4.69, 9.17) is 4.84 Å². The number of aliphatic hydroxyl groups excluding tert-OH is 1. The highest BCUT2D eigenvalue weighted by Crippen LogP contribution is 2.53. The van der Waals surface area contributed by atoms with Crippen molar-refractivity contribution in [3.63, 3.8) is 0 Å². The number of amides is 2. The Kier molecular flexibility index (Phi) is 4.40. The van der Waals surface area contributed by atoms with Gasteiger partial charge in [0, 0.05) is 36.7 Å². The minimum Gasteiger partial charge on any atom is -0.493 e. The zero-order chi connectivity index (χ0) is 24.0. The van der Waals surface area contributed by atoms with Gasteiger partial charge >= 0.3 is 0 Å². The molecule has 3 unspecified atom stereocenters. The molecule has 2 aromatic rings. The second-order valence-corrected chi connectivity index (χ2v) is 10.1. The van der Waals surface area contributed by atoms with Crippen LogP contribution in [0.5, 0.6) is 5.88 Å². The second-order valence-electron chi connectivity index (χ2n) is 10.1. The maximum atomic E-state index is 15.0. The summed E-state index contributed by atoms with van der Waals surface area (Å²) in [6, 6.07) is 5.02. The van der Waals surface area contributed by atoms with Gasteiger partial charge in [0.2, 0.25) is 11.6 Å². The molecule has 9 nitrogen and oxygen atoms in total. The highest BCUT2D eigenvalue weighted by molar-refractivity contribution is 6.00. The number of benzene rings is 1. The maximum absolute atomic E-state index is 15.0. The van der Waals surface area contributed by atoms with Crippen molar-refractivity contribution in [2.75, 3.05) is 11.9 Å². The van der Waals surface area contributed by atoms with E-state index in [1.54, 1.807) is 12.1 Å². The molecule has 2 amide bonds. The Morgan fingerprint density at radius 3 is 2.76 bits per heavy atom. The van der Waals surface area contributed by atoms with Gasteiger partial charge in [0.15, 0.2) is 0 Å². The number of hydrogen-bond donors (Lipinski definition) is 3. The van der Waals surface area contributed by atoms with Crippen LogP contribution in [-0.2, 0) is 32.7 Å². The fourth-order valence-corrected chi connectivity index (χ4v) is 5.68. The van der Waals surface area contributed by atoms with Crippen LogP contribution in [0, 0.1) is 5.82 Å². The summed E-state index contributed by atoms with van der Waals surface area (Å²) in [4.78, 5) is 37.8. The Hall–Kier alpha value is -3.08. The summed E-state index contributed by atoms with van der Waals surface area (Å²) in [6.07, 6.45) is 1.18. The third-order valence-electron chi connectivity index (χ3n) is 7.47. The Labute approximate surface area is 195 Å². The number of aryl methyl sites for hydroxylation is 1. The molecule has 6 rings (SSSR count). The van der Waals surface area contributed by atoms with Crippen molar-refractivity contribution in [2.45, 2.75) is 62.9 Å². The van der Waals surface area contributed by atoms with E-state index in [0.717, 1.165) is 18.4 Å². The third kappa shape index (κ3) is 2.98. The molecule has 178 valence electrons. The fourth-order valence-electron chi connectivity index (χ4n) is 5.68. The van der Waals surface area contributed by atoms with Gasteiger partial charge in [0.25, 0.3) is 11.8 Å². The standard InChI is InChI=1S/C24H25FN4O5/c1-23(2)7-5-12-9-13(10-15(25)19(12)23)26-21(32)20-14-3-4-17(30)27-16(14)6-8-28(20)22(33)24-11-18(31)29(24)34-24/h3-4,9-10,18,20,31H,5-8,11H2,1-2H3,(H,26,32)(H,27,30)/t18?,20?,24?,29-/m1/s1. The Morgan fingerprint density at radius 1 is 1.26 bits per heavy atom. The van der Waals surface area contributed by atoms with Gasteiger partial charge in [0.05, 0.1) is 5.69 Å². The molecule has 2 saturated heterocycles. The summed E-state index contributed by atoms with van der Waals surface area (Å²) in [6.45, 7) is 4.19. The number of carbonyl (C=O) groups excluding carboxylic acids is 2. The summed E-state index contributed by atoms with van der Waals surface area (Å²) in [5.41, 5.74) is 1.39. The normalized spacial score (nSPS) is 30.0. The highest BCUT2D eigenvalue weighted by atomic mass is 19.1. The van der Waals surface area contributed by atoms with Gasteiger partial charge in [-0.15, -0.1) is 5.06 Å². The lowest BCUT2D eigenvalue weighted by molar-refractivity contribution is -0.151. The van der Waals surface area contributed by atoms with Crippen LogP contribution in [0.3, 0.4) is 0 Å². The third-order valence-corrected chi connectivity index (χ3v) is 7.47. The molecular weight excluding hydrogens is 443 g/mol. The molecule has 4 heterocycles. The number of nitrogens with one attached hydrogen (secondary N) is 1. The fraction of sp³-hybridized carbons (Fsp3) is 0.458. The van der Waals surface area contributed by atoms with E-state index in [1.165, 1.54) is 22.1 Å². The predicted molar refractivity (Wildman–Crippen MR) is 117 cm³/mol. The monoisotopic (exact) mass is 468 g/mol. The van der Waals surface area contributed by atoms with Crippen LogP contribution in [-0.4, -0.2) is 55.5 Å². The first-order chi connectivity index (χ1) is 16.1. The van der Waals surface area contributed by atoms with Crippen molar-refractivity contribution in [3.8, 4) is 5.88 Å². The zero-order valence-electron chi connectivity index (χ0n) is 18.8. The molecular formula is C24H25FN4O5. The van der Waals surface area contributed by atoms with Crippen LogP contribution in [0.1, 0.15) is 55.1 Å². The topological polar surface area (TPSA) is 118 Å². The minimum absolute atomic E-state index is 0.128. The summed E-state index contributed by atoms with van der Waals surface area (Å²) < 4.78 is 15.0. The number of pyridine rings is 1. The van der Waals surface area contributed by atoms with Crippen molar-refractivity contribution in [1.29, 1.82) is 0 Å². The van der Waals surface area contributed by atoms with Crippen LogP contribution >= 0.6 is 0 Å². The largest absolute Gasteiger partial charge is 0.493 e. The van der Waals surface area contributed by atoms with Gasteiger partial charge in [-0.05, 0) is 47.6 Å². The maximum Gasteiger partial charge on any atom is 0.275 e. The van der Waals surface area contributed by atoms with E-state index >= 15 is 0 Å². The van der Waals surface area contributed by atoms with E-state index in [9.17, 15) is 24.2 Å². The van der Waals surface area contributed by atoms with E-state index in [0.29, 0.717) is 28.9 Å². The lowest BCUT2D eigenvalue weighted by atomic mass is 9.86. The van der Waals surface area contributed by atoms with Crippen molar-refractivity contribution in [3.05, 3.63) is 52.5 Å². The average Bonchev–Trinajstić information content (AvgIpc) is 3.29. The molecule has 2 fully saturated rings. The van der Waals surface area contributed by atoms with Crippen molar-refractivity contribution in [2.24, 2.45) is 0 Å². The lowest BCUT2D eigenvalue weighted by Gasteiger charge is -2.38. The summed E-state index contributed by atoms with van der Waals surface area (Å²) in [5, 5.41) is 23.6. The first-order valence-corrected chi connectivity index (χ1v) is 11.4. The molecule has 1 aliphatic carbocycles. The van der Waals surface area contributed by atoms with Crippen molar-refractivity contribution < 1.29 is 29.0 Å². The first-order valence-electron chi connectivity index (χ1n) is 11.4. The average molecular weight is 468 g/mol. The Morgan fingerprint density at radius 2 is 2.06 bits per heavy atom. The van der Waals surface area contributed by atoms with Crippen LogP contribution in [0.25, 0.3) is 0 Å². The summed E-state index contributed by atoms with van der Waals surface area (Å²) >= 11 is 0. The Bertz CT molecular complexity index is 1250. The van der Waals surface area contributed by atoms with E-state index < -0.39 is 29.8 Å².